The highest BCUT2D eigenvalue weighted by Gasteiger charge is 2.42. The molecule has 0 saturated heterocycles. The second-order valence-corrected chi connectivity index (χ2v) is 11.7. The molecule has 0 N–H and O–H groups in total. The maximum Gasteiger partial charge on any atom is 0.252 e. The van der Waals surface area contributed by atoms with Crippen LogP contribution in [0.3, 0.4) is 0 Å². The van der Waals surface area contributed by atoms with Gasteiger partial charge in [0.2, 0.25) is 0 Å². The predicted octanol–water partition coefficient (Wildman–Crippen LogP) is 8.82. The van der Waals surface area contributed by atoms with Crippen molar-refractivity contribution >= 4 is 89.9 Å². The average molecular weight is 560 g/mol. The number of hydrogen-bond donors (Lipinski definition) is 0. The molecule has 0 aliphatic carbocycles. The fourth-order valence-corrected chi connectivity index (χ4v) is 7.64. The molecule has 4 heteroatoms. The molecule has 0 bridgehead atoms. The van der Waals surface area contributed by atoms with Crippen LogP contribution in [0.5, 0.6) is 0 Å². The average Bonchev–Trinajstić information content (AvgIpc) is 3.47. The first-order valence-electron chi connectivity index (χ1n) is 15.2. The summed E-state index contributed by atoms with van der Waals surface area (Å²) in [5.74, 6) is 0. The Kier molecular flexibility index (Phi) is 4.80. The third-order valence-corrected chi connectivity index (χ3v) is 9.43. The minimum Gasteiger partial charge on any atom is -0.456 e. The molecular formula is C40H25BN2O. The molecule has 2 aliphatic heterocycles. The van der Waals surface area contributed by atoms with Crippen molar-refractivity contribution in [3.63, 3.8) is 0 Å². The Morgan fingerprint density at radius 3 is 1.84 bits per heavy atom. The third kappa shape index (κ3) is 3.17. The summed E-state index contributed by atoms with van der Waals surface area (Å²) >= 11 is 0. The van der Waals surface area contributed by atoms with Gasteiger partial charge in [-0.15, -0.1) is 0 Å². The molecule has 204 valence electrons. The second-order valence-electron chi connectivity index (χ2n) is 11.7. The number of hydrogen-bond acceptors (Lipinski definition) is 3. The van der Waals surface area contributed by atoms with Gasteiger partial charge in [0.05, 0.1) is 0 Å². The SMILES string of the molecule is c1ccc(N2c3ccccc3B3c4ccccc4N(c4ccc5c(c4)oc4ccc6ccccc6c45)c4cccc2c43)cc1. The van der Waals surface area contributed by atoms with E-state index in [1.807, 2.05) is 0 Å². The van der Waals surface area contributed by atoms with Gasteiger partial charge in [-0.25, -0.2) is 0 Å². The molecule has 10 rings (SSSR count). The van der Waals surface area contributed by atoms with Gasteiger partial charge in [-0.1, -0.05) is 91.0 Å². The van der Waals surface area contributed by atoms with Crippen LogP contribution < -0.4 is 26.2 Å². The van der Waals surface area contributed by atoms with E-state index in [9.17, 15) is 0 Å². The predicted molar refractivity (Wildman–Crippen MR) is 185 cm³/mol. The quantitative estimate of drug-likeness (QED) is 0.197. The van der Waals surface area contributed by atoms with Crippen molar-refractivity contribution in [1.29, 1.82) is 0 Å². The van der Waals surface area contributed by atoms with E-state index in [1.165, 1.54) is 55.3 Å². The summed E-state index contributed by atoms with van der Waals surface area (Å²) < 4.78 is 6.53. The first kappa shape index (κ1) is 23.8. The molecule has 0 unspecified atom stereocenters. The molecule has 3 nitrogen and oxygen atoms in total. The zero-order chi connectivity index (χ0) is 28.8. The maximum absolute atomic E-state index is 6.53. The smallest absolute Gasteiger partial charge is 0.252 e. The molecule has 0 atom stereocenters. The van der Waals surface area contributed by atoms with Crippen LogP contribution in [-0.4, -0.2) is 6.71 Å². The normalized spacial score (nSPS) is 13.3. The van der Waals surface area contributed by atoms with Crippen molar-refractivity contribution in [1.82, 2.24) is 0 Å². The Balaban J connectivity index is 1.24. The van der Waals surface area contributed by atoms with E-state index in [0.29, 0.717) is 0 Å². The lowest BCUT2D eigenvalue weighted by molar-refractivity contribution is 0.669. The highest BCUT2D eigenvalue weighted by Crippen LogP contribution is 2.45. The highest BCUT2D eigenvalue weighted by molar-refractivity contribution is 7.00. The molecule has 1 aromatic heterocycles. The lowest BCUT2D eigenvalue weighted by Crippen LogP contribution is -2.61. The minimum atomic E-state index is 0.131. The Hall–Kier alpha value is -5.74. The number of para-hydroxylation sites is 3. The van der Waals surface area contributed by atoms with Crippen molar-refractivity contribution in [2.45, 2.75) is 0 Å². The molecule has 3 heterocycles. The molecule has 8 aromatic rings. The Morgan fingerprint density at radius 1 is 0.432 bits per heavy atom. The highest BCUT2D eigenvalue weighted by atomic mass is 16.3. The van der Waals surface area contributed by atoms with Crippen molar-refractivity contribution in [3.8, 4) is 0 Å². The summed E-state index contributed by atoms with van der Waals surface area (Å²) in [4.78, 5) is 4.84. The topological polar surface area (TPSA) is 19.6 Å². The van der Waals surface area contributed by atoms with Gasteiger partial charge in [0.15, 0.2) is 0 Å². The van der Waals surface area contributed by atoms with Gasteiger partial charge in [0.1, 0.15) is 11.2 Å². The van der Waals surface area contributed by atoms with E-state index < -0.39 is 0 Å². The van der Waals surface area contributed by atoms with Crippen LogP contribution in [0, 0.1) is 0 Å². The van der Waals surface area contributed by atoms with Crippen LogP contribution in [0.15, 0.2) is 156 Å². The second kappa shape index (κ2) is 8.89. The monoisotopic (exact) mass is 560 g/mol. The van der Waals surface area contributed by atoms with Gasteiger partial charge in [-0.2, -0.15) is 0 Å². The fourth-order valence-electron chi connectivity index (χ4n) is 7.64. The summed E-state index contributed by atoms with van der Waals surface area (Å²) in [6.07, 6.45) is 0. The van der Waals surface area contributed by atoms with E-state index in [1.54, 1.807) is 0 Å². The van der Waals surface area contributed by atoms with E-state index in [0.717, 1.165) is 27.9 Å². The molecule has 2 aliphatic rings. The summed E-state index contributed by atoms with van der Waals surface area (Å²) in [5.41, 5.74) is 12.9. The first-order valence-corrected chi connectivity index (χ1v) is 15.2. The van der Waals surface area contributed by atoms with Gasteiger partial charge in [-0.05, 0) is 81.8 Å². The van der Waals surface area contributed by atoms with E-state index >= 15 is 0 Å². The lowest BCUT2D eigenvalue weighted by Gasteiger charge is -2.44. The zero-order valence-electron chi connectivity index (χ0n) is 23.8. The van der Waals surface area contributed by atoms with Crippen LogP contribution in [0.1, 0.15) is 0 Å². The third-order valence-electron chi connectivity index (χ3n) is 9.43. The lowest BCUT2D eigenvalue weighted by atomic mass is 9.33. The number of rotatable bonds is 2. The molecule has 0 spiro atoms. The number of nitrogens with zero attached hydrogens (tertiary/aromatic N) is 2. The Morgan fingerprint density at radius 2 is 1.07 bits per heavy atom. The molecular weight excluding hydrogens is 535 g/mol. The minimum absolute atomic E-state index is 0.131. The number of furan rings is 1. The molecule has 0 saturated carbocycles. The number of benzene rings is 7. The Labute approximate surface area is 255 Å². The number of fused-ring (bicyclic) bond motifs is 9. The van der Waals surface area contributed by atoms with Crippen LogP contribution in [0.4, 0.5) is 34.1 Å². The van der Waals surface area contributed by atoms with Gasteiger partial charge >= 0.3 is 0 Å². The number of anilines is 6. The first-order chi connectivity index (χ1) is 21.8. The standard InChI is InChI=1S/C40H25BN2O/c1-2-12-27(13-3-1)42-33-17-8-6-15-31(33)41-32-16-7-9-18-34(32)43(36-20-10-19-35(42)40(36)41)28-22-23-30-38(25-28)44-37-24-21-26-11-4-5-14-29(26)39(30)37/h1-25H. The van der Waals surface area contributed by atoms with Crippen LogP contribution in [0.2, 0.25) is 0 Å². The van der Waals surface area contributed by atoms with E-state index in [2.05, 4.69) is 161 Å². The van der Waals surface area contributed by atoms with Crippen molar-refractivity contribution in [3.05, 3.63) is 152 Å². The van der Waals surface area contributed by atoms with Crippen molar-refractivity contribution < 1.29 is 4.42 Å². The molecule has 44 heavy (non-hydrogen) atoms. The van der Waals surface area contributed by atoms with Crippen LogP contribution >= 0.6 is 0 Å². The zero-order valence-corrected chi connectivity index (χ0v) is 23.8. The molecule has 7 aromatic carbocycles. The van der Waals surface area contributed by atoms with E-state index in [-0.39, 0.29) is 6.71 Å². The molecule has 0 fully saturated rings. The largest absolute Gasteiger partial charge is 0.456 e. The maximum atomic E-state index is 6.53. The Bertz CT molecular complexity index is 2430. The summed E-state index contributed by atoms with van der Waals surface area (Å²) in [6.45, 7) is 0.131. The summed E-state index contributed by atoms with van der Waals surface area (Å²) in [7, 11) is 0. The van der Waals surface area contributed by atoms with Crippen LogP contribution in [0.25, 0.3) is 32.7 Å². The van der Waals surface area contributed by atoms with Gasteiger partial charge in [0.25, 0.3) is 6.71 Å². The van der Waals surface area contributed by atoms with Crippen molar-refractivity contribution in [2.24, 2.45) is 0 Å². The van der Waals surface area contributed by atoms with Crippen molar-refractivity contribution in [2.75, 3.05) is 9.80 Å². The molecule has 0 radical (unpaired) electrons. The van der Waals surface area contributed by atoms with E-state index in [4.69, 9.17) is 4.42 Å². The summed E-state index contributed by atoms with van der Waals surface area (Å²) in [5, 5.41) is 4.76. The van der Waals surface area contributed by atoms with Gasteiger partial charge in [0, 0.05) is 51.0 Å². The van der Waals surface area contributed by atoms with Crippen LogP contribution in [-0.2, 0) is 0 Å². The molecule has 0 amide bonds. The van der Waals surface area contributed by atoms with Gasteiger partial charge < -0.3 is 14.2 Å². The fraction of sp³-hybridized carbons (Fsp3) is 0. The summed E-state index contributed by atoms with van der Waals surface area (Å²) in [6, 6.07) is 54.7. The van der Waals surface area contributed by atoms with Gasteiger partial charge in [-0.3, -0.25) is 0 Å².